The van der Waals surface area contributed by atoms with Gasteiger partial charge in [0.15, 0.2) is 0 Å². The van der Waals surface area contributed by atoms with Crippen molar-refractivity contribution in [3.63, 3.8) is 0 Å². The normalized spacial score (nSPS) is 10.6. The Kier molecular flexibility index (Phi) is 2.20. The Hall–Kier alpha value is -1.07. The summed E-state index contributed by atoms with van der Waals surface area (Å²) in [4.78, 5) is 10.9. The number of benzene rings is 1. The lowest BCUT2D eigenvalue weighted by molar-refractivity contribution is 0.0696. The minimum atomic E-state index is -1.11. The average Bonchev–Trinajstić information content (AvgIpc) is 2.51. The minimum Gasteiger partial charge on any atom is -0.507 e. The van der Waals surface area contributed by atoms with E-state index in [2.05, 4.69) is 15.9 Å². The SMILES string of the molecule is O=C(O)c1c(O)cc(Br)c2ccsc12. The van der Waals surface area contributed by atoms with Gasteiger partial charge in [-0.05, 0) is 33.4 Å². The standard InChI is InChI=1S/C9H5BrO3S/c10-5-3-6(11)7(9(12)13)8-4(5)1-2-14-8/h1-3,11H,(H,12,13). The summed E-state index contributed by atoms with van der Waals surface area (Å²) in [7, 11) is 0. The second-order valence-corrected chi connectivity index (χ2v) is 4.49. The second-order valence-electron chi connectivity index (χ2n) is 2.72. The molecule has 1 aromatic heterocycles. The zero-order valence-corrected chi connectivity index (χ0v) is 9.22. The number of aromatic carboxylic acids is 1. The van der Waals surface area contributed by atoms with Crippen molar-refractivity contribution < 1.29 is 15.0 Å². The molecule has 2 aromatic rings. The predicted molar refractivity (Wildman–Crippen MR) is 58.1 cm³/mol. The molecule has 0 amide bonds. The maximum absolute atomic E-state index is 10.9. The zero-order chi connectivity index (χ0) is 10.3. The molecule has 0 radical (unpaired) electrons. The Balaban J connectivity index is 2.93. The van der Waals surface area contributed by atoms with Gasteiger partial charge in [-0.1, -0.05) is 0 Å². The van der Waals surface area contributed by atoms with Gasteiger partial charge in [0.25, 0.3) is 0 Å². The summed E-state index contributed by atoms with van der Waals surface area (Å²) in [5, 5.41) is 21.0. The van der Waals surface area contributed by atoms with Gasteiger partial charge >= 0.3 is 5.97 Å². The first-order chi connectivity index (χ1) is 6.61. The van der Waals surface area contributed by atoms with Gasteiger partial charge in [-0.2, -0.15) is 0 Å². The van der Waals surface area contributed by atoms with Crippen LogP contribution in [0, 0.1) is 0 Å². The molecule has 2 N–H and O–H groups in total. The topological polar surface area (TPSA) is 57.5 Å². The minimum absolute atomic E-state index is 0.0294. The number of hydrogen-bond acceptors (Lipinski definition) is 3. The molecular weight excluding hydrogens is 268 g/mol. The number of fused-ring (bicyclic) bond motifs is 1. The van der Waals surface area contributed by atoms with Gasteiger partial charge in [-0.15, -0.1) is 11.3 Å². The van der Waals surface area contributed by atoms with Crippen LogP contribution in [0.1, 0.15) is 10.4 Å². The lowest BCUT2D eigenvalue weighted by atomic mass is 10.1. The lowest BCUT2D eigenvalue weighted by Gasteiger charge is -2.02. The van der Waals surface area contributed by atoms with E-state index in [0.717, 1.165) is 5.39 Å². The fourth-order valence-corrected chi connectivity index (χ4v) is 2.92. The van der Waals surface area contributed by atoms with Crippen LogP contribution in [0.5, 0.6) is 5.75 Å². The van der Waals surface area contributed by atoms with Crippen LogP contribution in [-0.4, -0.2) is 16.2 Å². The van der Waals surface area contributed by atoms with Gasteiger partial charge in [0.05, 0.1) is 4.70 Å². The molecule has 2 rings (SSSR count). The number of phenols is 1. The second kappa shape index (κ2) is 3.25. The molecule has 0 fully saturated rings. The third-order valence-corrected chi connectivity index (χ3v) is 3.47. The van der Waals surface area contributed by atoms with Crippen LogP contribution in [0.3, 0.4) is 0 Å². The average molecular weight is 273 g/mol. The molecule has 0 atom stereocenters. The first kappa shape index (κ1) is 9.48. The Labute approximate surface area is 91.7 Å². The van der Waals surface area contributed by atoms with Crippen molar-refractivity contribution in [1.82, 2.24) is 0 Å². The van der Waals surface area contributed by atoms with Crippen molar-refractivity contribution in [2.75, 3.05) is 0 Å². The highest BCUT2D eigenvalue weighted by Gasteiger charge is 2.17. The van der Waals surface area contributed by atoms with Crippen molar-refractivity contribution in [3.05, 3.63) is 27.5 Å². The highest BCUT2D eigenvalue weighted by Crippen LogP contribution is 2.36. The first-order valence-corrected chi connectivity index (χ1v) is 5.40. The predicted octanol–water partition coefficient (Wildman–Crippen LogP) is 3.07. The molecule has 14 heavy (non-hydrogen) atoms. The summed E-state index contributed by atoms with van der Waals surface area (Å²) in [6, 6.07) is 3.22. The maximum atomic E-state index is 10.9. The van der Waals surface area contributed by atoms with Gasteiger partial charge in [0, 0.05) is 9.86 Å². The van der Waals surface area contributed by atoms with E-state index in [1.54, 1.807) is 5.38 Å². The number of hydrogen-bond donors (Lipinski definition) is 2. The molecular formula is C9H5BrO3S. The highest BCUT2D eigenvalue weighted by atomic mass is 79.9. The maximum Gasteiger partial charge on any atom is 0.340 e. The van der Waals surface area contributed by atoms with Crippen molar-refractivity contribution in [1.29, 1.82) is 0 Å². The number of carboxylic acids is 1. The smallest absolute Gasteiger partial charge is 0.340 e. The zero-order valence-electron chi connectivity index (χ0n) is 6.82. The Bertz CT molecular complexity index is 518. The fourth-order valence-electron chi connectivity index (χ4n) is 1.28. The Morgan fingerprint density at radius 3 is 2.86 bits per heavy atom. The molecule has 1 aromatic carbocycles. The van der Waals surface area contributed by atoms with Crippen LogP contribution in [0.2, 0.25) is 0 Å². The summed E-state index contributed by atoms with van der Waals surface area (Å²) in [5.41, 5.74) is -0.0294. The van der Waals surface area contributed by atoms with Gasteiger partial charge < -0.3 is 10.2 Å². The van der Waals surface area contributed by atoms with E-state index in [1.165, 1.54) is 17.4 Å². The number of rotatable bonds is 1. The summed E-state index contributed by atoms with van der Waals surface area (Å²) in [5.74, 6) is -1.32. The summed E-state index contributed by atoms with van der Waals surface area (Å²) in [6.45, 7) is 0. The van der Waals surface area contributed by atoms with E-state index >= 15 is 0 Å². The van der Waals surface area contributed by atoms with Crippen LogP contribution in [0.15, 0.2) is 22.0 Å². The molecule has 72 valence electrons. The van der Waals surface area contributed by atoms with E-state index in [9.17, 15) is 9.90 Å². The molecule has 0 spiro atoms. The number of thiophene rings is 1. The fraction of sp³-hybridized carbons (Fsp3) is 0. The van der Waals surface area contributed by atoms with Crippen molar-refractivity contribution in [2.45, 2.75) is 0 Å². The van der Waals surface area contributed by atoms with Gasteiger partial charge in [-0.25, -0.2) is 4.79 Å². The van der Waals surface area contributed by atoms with Crippen LogP contribution >= 0.6 is 27.3 Å². The summed E-state index contributed by atoms with van der Waals surface area (Å²) >= 11 is 4.56. The first-order valence-electron chi connectivity index (χ1n) is 3.73. The molecule has 0 aliphatic rings. The summed E-state index contributed by atoms with van der Waals surface area (Å²) in [6.07, 6.45) is 0. The Morgan fingerprint density at radius 2 is 2.21 bits per heavy atom. The molecule has 0 aliphatic carbocycles. The highest BCUT2D eigenvalue weighted by molar-refractivity contribution is 9.10. The molecule has 0 bridgehead atoms. The molecule has 0 saturated carbocycles. The van der Waals surface area contributed by atoms with E-state index in [4.69, 9.17) is 5.11 Å². The molecule has 3 nitrogen and oxygen atoms in total. The third kappa shape index (κ3) is 1.29. The number of halogens is 1. The van der Waals surface area contributed by atoms with Crippen molar-refractivity contribution >= 4 is 43.3 Å². The van der Waals surface area contributed by atoms with Crippen LogP contribution in [0.25, 0.3) is 10.1 Å². The van der Waals surface area contributed by atoms with Gasteiger partial charge in [0.2, 0.25) is 0 Å². The van der Waals surface area contributed by atoms with E-state index in [0.29, 0.717) is 9.17 Å². The van der Waals surface area contributed by atoms with E-state index < -0.39 is 5.97 Å². The number of carbonyl (C=O) groups is 1. The van der Waals surface area contributed by atoms with Crippen LogP contribution in [0.4, 0.5) is 0 Å². The number of aromatic hydroxyl groups is 1. The summed E-state index contributed by atoms with van der Waals surface area (Å²) < 4.78 is 1.29. The monoisotopic (exact) mass is 272 g/mol. The van der Waals surface area contributed by atoms with Crippen LogP contribution < -0.4 is 0 Å². The van der Waals surface area contributed by atoms with Crippen LogP contribution in [-0.2, 0) is 0 Å². The lowest BCUT2D eigenvalue weighted by Crippen LogP contribution is -1.96. The van der Waals surface area contributed by atoms with Crippen molar-refractivity contribution in [3.8, 4) is 5.75 Å². The van der Waals surface area contributed by atoms with Crippen molar-refractivity contribution in [2.24, 2.45) is 0 Å². The van der Waals surface area contributed by atoms with Gasteiger partial charge in [-0.3, -0.25) is 0 Å². The molecule has 0 saturated heterocycles. The molecule has 0 unspecified atom stereocenters. The molecule has 5 heteroatoms. The van der Waals surface area contributed by atoms with E-state index in [1.807, 2.05) is 6.07 Å². The molecule has 0 aliphatic heterocycles. The largest absolute Gasteiger partial charge is 0.507 e. The molecule has 1 heterocycles. The quantitative estimate of drug-likeness (QED) is 0.839. The van der Waals surface area contributed by atoms with Gasteiger partial charge in [0.1, 0.15) is 11.3 Å². The third-order valence-electron chi connectivity index (χ3n) is 1.88. The number of carboxylic acid groups (broad SMARTS) is 1. The van der Waals surface area contributed by atoms with E-state index in [-0.39, 0.29) is 11.3 Å². The Morgan fingerprint density at radius 1 is 1.50 bits per heavy atom.